The molecule has 0 bridgehead atoms. The van der Waals surface area contributed by atoms with Crippen LogP contribution >= 0.6 is 11.6 Å². The Balaban J connectivity index is 2.00. The van der Waals surface area contributed by atoms with Crippen LogP contribution in [0.15, 0.2) is 12.1 Å². The number of likely N-dealkylation sites (tertiary alicyclic amines) is 1. The molecule has 2 rings (SSSR count). The molecular formula is C17H25ClN2O2. The smallest absolute Gasteiger partial charge is 0.238 e. The van der Waals surface area contributed by atoms with Crippen molar-refractivity contribution in [1.29, 1.82) is 0 Å². The van der Waals surface area contributed by atoms with E-state index >= 15 is 0 Å². The summed E-state index contributed by atoms with van der Waals surface area (Å²) in [5, 5.41) is 12.7. The first kappa shape index (κ1) is 17.3. The number of anilines is 1. The molecule has 22 heavy (non-hydrogen) atoms. The summed E-state index contributed by atoms with van der Waals surface area (Å²) in [4.78, 5) is 14.5. The Hall–Kier alpha value is -1.10. The number of piperidine rings is 1. The number of carbonyl (C=O) groups excluding carboxylic acids is 1. The van der Waals surface area contributed by atoms with E-state index in [0.717, 1.165) is 36.9 Å². The fraction of sp³-hybridized carbons (Fsp3) is 0.588. The van der Waals surface area contributed by atoms with Gasteiger partial charge in [-0.1, -0.05) is 24.1 Å². The first-order chi connectivity index (χ1) is 10.5. The molecule has 1 aliphatic rings. The van der Waals surface area contributed by atoms with Crippen LogP contribution in [0.5, 0.6) is 0 Å². The second-order valence-electron chi connectivity index (χ2n) is 6.12. The van der Waals surface area contributed by atoms with Crippen molar-refractivity contribution in [3.05, 3.63) is 28.3 Å². The van der Waals surface area contributed by atoms with Crippen LogP contribution in [-0.2, 0) is 4.79 Å². The molecule has 0 spiro atoms. The van der Waals surface area contributed by atoms with Gasteiger partial charge in [-0.15, -0.1) is 0 Å². The van der Waals surface area contributed by atoms with Crippen molar-refractivity contribution >= 4 is 23.2 Å². The second-order valence-corrected chi connectivity index (χ2v) is 6.53. The van der Waals surface area contributed by atoms with Crippen molar-refractivity contribution in [2.45, 2.75) is 45.6 Å². The van der Waals surface area contributed by atoms with Gasteiger partial charge in [-0.25, -0.2) is 0 Å². The molecule has 1 aromatic carbocycles. The Morgan fingerprint density at radius 1 is 1.41 bits per heavy atom. The summed E-state index contributed by atoms with van der Waals surface area (Å²) >= 11 is 6.24. The first-order valence-electron chi connectivity index (χ1n) is 7.92. The Labute approximate surface area is 137 Å². The van der Waals surface area contributed by atoms with Gasteiger partial charge < -0.3 is 10.4 Å². The van der Waals surface area contributed by atoms with Gasteiger partial charge in [0, 0.05) is 12.6 Å². The number of nitrogens with one attached hydrogen (secondary N) is 1. The zero-order valence-corrected chi connectivity index (χ0v) is 14.1. The van der Waals surface area contributed by atoms with Gasteiger partial charge in [0.15, 0.2) is 0 Å². The van der Waals surface area contributed by atoms with Crippen LogP contribution in [0.3, 0.4) is 0 Å². The molecule has 0 radical (unpaired) electrons. The molecule has 1 fully saturated rings. The van der Waals surface area contributed by atoms with Crippen LogP contribution in [0.1, 0.15) is 36.8 Å². The zero-order valence-electron chi connectivity index (χ0n) is 13.4. The third-order valence-corrected chi connectivity index (χ3v) is 4.55. The maximum atomic E-state index is 12.3. The average molecular weight is 325 g/mol. The summed E-state index contributed by atoms with van der Waals surface area (Å²) in [7, 11) is 0. The zero-order chi connectivity index (χ0) is 16.1. The van der Waals surface area contributed by atoms with E-state index in [2.05, 4.69) is 10.2 Å². The van der Waals surface area contributed by atoms with Gasteiger partial charge in [0.1, 0.15) is 0 Å². The molecule has 1 heterocycles. The number of benzene rings is 1. The molecule has 0 saturated carbocycles. The van der Waals surface area contributed by atoms with E-state index in [4.69, 9.17) is 16.7 Å². The first-order valence-corrected chi connectivity index (χ1v) is 8.30. The van der Waals surface area contributed by atoms with Crippen molar-refractivity contribution in [2.24, 2.45) is 0 Å². The summed E-state index contributed by atoms with van der Waals surface area (Å²) in [6.45, 7) is 5.38. The Kier molecular flexibility index (Phi) is 6.24. The van der Waals surface area contributed by atoms with Crippen molar-refractivity contribution in [2.75, 3.05) is 25.0 Å². The lowest BCUT2D eigenvalue weighted by Gasteiger charge is -2.34. The number of aliphatic hydroxyl groups excluding tert-OH is 1. The Morgan fingerprint density at radius 3 is 2.86 bits per heavy atom. The molecule has 1 saturated heterocycles. The molecule has 4 nitrogen and oxygen atoms in total. The third-order valence-electron chi connectivity index (χ3n) is 4.25. The van der Waals surface area contributed by atoms with Crippen LogP contribution in [0.4, 0.5) is 5.69 Å². The number of rotatable bonds is 5. The number of aryl methyl sites for hydroxylation is 2. The largest absolute Gasteiger partial charge is 0.396 e. The summed E-state index contributed by atoms with van der Waals surface area (Å²) in [6, 6.07) is 4.18. The molecule has 1 aliphatic heterocycles. The summed E-state index contributed by atoms with van der Waals surface area (Å²) in [5.74, 6) is -0.0429. The maximum absolute atomic E-state index is 12.3. The quantitative estimate of drug-likeness (QED) is 0.875. The fourth-order valence-corrected chi connectivity index (χ4v) is 3.55. The molecule has 1 aromatic rings. The van der Waals surface area contributed by atoms with Gasteiger partial charge in [-0.3, -0.25) is 9.69 Å². The molecule has 1 atom stereocenters. The van der Waals surface area contributed by atoms with Crippen LogP contribution in [0.25, 0.3) is 0 Å². The summed E-state index contributed by atoms with van der Waals surface area (Å²) in [5.41, 5.74) is 2.76. The fourth-order valence-electron chi connectivity index (χ4n) is 3.18. The van der Waals surface area contributed by atoms with Gasteiger partial charge in [0.2, 0.25) is 5.91 Å². The lowest BCUT2D eigenvalue weighted by atomic mass is 9.99. The van der Waals surface area contributed by atoms with E-state index in [0.29, 0.717) is 23.3 Å². The van der Waals surface area contributed by atoms with E-state index in [1.54, 1.807) is 0 Å². The van der Waals surface area contributed by atoms with Gasteiger partial charge in [-0.2, -0.15) is 0 Å². The summed E-state index contributed by atoms with van der Waals surface area (Å²) < 4.78 is 0. The molecule has 1 amide bonds. The predicted octanol–water partition coefficient (Wildman–Crippen LogP) is 3.13. The molecule has 0 aliphatic carbocycles. The highest BCUT2D eigenvalue weighted by Gasteiger charge is 2.24. The maximum Gasteiger partial charge on any atom is 0.238 e. The number of amides is 1. The molecule has 2 N–H and O–H groups in total. The van der Waals surface area contributed by atoms with Crippen LogP contribution in [0.2, 0.25) is 5.02 Å². The highest BCUT2D eigenvalue weighted by molar-refractivity contribution is 6.34. The SMILES string of the molecule is Cc1cc(C)c(NC(=O)CN2CCCCC2CCO)c(Cl)c1. The number of halogens is 1. The normalized spacial score (nSPS) is 19.2. The molecule has 5 heteroatoms. The Morgan fingerprint density at radius 2 is 2.18 bits per heavy atom. The van der Waals surface area contributed by atoms with Crippen LogP contribution < -0.4 is 5.32 Å². The van der Waals surface area contributed by atoms with Gasteiger partial charge in [0.05, 0.1) is 17.3 Å². The minimum Gasteiger partial charge on any atom is -0.396 e. The molecule has 122 valence electrons. The van der Waals surface area contributed by atoms with E-state index in [1.165, 1.54) is 6.42 Å². The minimum absolute atomic E-state index is 0.0429. The van der Waals surface area contributed by atoms with Gasteiger partial charge in [-0.05, 0) is 56.8 Å². The third kappa shape index (κ3) is 4.45. The number of hydrogen-bond donors (Lipinski definition) is 2. The second kappa shape index (κ2) is 7.95. The average Bonchev–Trinajstić information content (AvgIpc) is 2.45. The standard InChI is InChI=1S/C17H25ClN2O2/c1-12-9-13(2)17(15(18)10-12)19-16(22)11-20-7-4-3-5-14(20)6-8-21/h9-10,14,21H,3-8,11H2,1-2H3,(H,19,22). The van der Waals surface area contributed by atoms with E-state index in [1.807, 2.05) is 26.0 Å². The predicted molar refractivity (Wildman–Crippen MR) is 90.5 cm³/mol. The van der Waals surface area contributed by atoms with E-state index in [9.17, 15) is 4.79 Å². The monoisotopic (exact) mass is 324 g/mol. The summed E-state index contributed by atoms with van der Waals surface area (Å²) in [6.07, 6.45) is 4.07. The number of aliphatic hydroxyl groups is 1. The van der Waals surface area contributed by atoms with Crippen molar-refractivity contribution < 1.29 is 9.90 Å². The lowest BCUT2D eigenvalue weighted by Crippen LogP contribution is -2.44. The molecule has 0 aromatic heterocycles. The topological polar surface area (TPSA) is 52.6 Å². The van der Waals surface area contributed by atoms with Gasteiger partial charge >= 0.3 is 0 Å². The van der Waals surface area contributed by atoms with Gasteiger partial charge in [0.25, 0.3) is 0 Å². The Bertz CT molecular complexity index is 508. The molecule has 1 unspecified atom stereocenters. The minimum atomic E-state index is -0.0429. The highest BCUT2D eigenvalue weighted by Crippen LogP contribution is 2.27. The highest BCUT2D eigenvalue weighted by atomic mass is 35.5. The van der Waals surface area contributed by atoms with Crippen molar-refractivity contribution in [3.8, 4) is 0 Å². The number of carbonyl (C=O) groups is 1. The lowest BCUT2D eigenvalue weighted by molar-refractivity contribution is -0.118. The van der Waals surface area contributed by atoms with Crippen LogP contribution in [-0.4, -0.2) is 41.7 Å². The van der Waals surface area contributed by atoms with E-state index < -0.39 is 0 Å². The van der Waals surface area contributed by atoms with Crippen LogP contribution in [0, 0.1) is 13.8 Å². The number of nitrogens with zero attached hydrogens (tertiary/aromatic N) is 1. The van der Waals surface area contributed by atoms with E-state index in [-0.39, 0.29) is 12.5 Å². The van der Waals surface area contributed by atoms with Crippen molar-refractivity contribution in [3.63, 3.8) is 0 Å². The molecular weight excluding hydrogens is 300 g/mol. The number of hydrogen-bond acceptors (Lipinski definition) is 3. The van der Waals surface area contributed by atoms with Crippen molar-refractivity contribution in [1.82, 2.24) is 4.90 Å².